The van der Waals surface area contributed by atoms with Crippen molar-refractivity contribution in [2.45, 2.75) is 50.6 Å². The molecule has 22 heavy (non-hydrogen) atoms. The SMILES string of the molecule is O=C(NC1CCCCC1)C(Cc1ccccc1)n1cnnn1. The van der Waals surface area contributed by atoms with E-state index in [1.165, 1.54) is 25.6 Å². The summed E-state index contributed by atoms with van der Waals surface area (Å²) in [5.74, 6) is 0.00283. The van der Waals surface area contributed by atoms with Crippen molar-refractivity contribution < 1.29 is 4.79 Å². The number of hydrogen-bond acceptors (Lipinski definition) is 4. The third-order valence-corrected chi connectivity index (χ3v) is 4.21. The van der Waals surface area contributed by atoms with E-state index >= 15 is 0 Å². The largest absolute Gasteiger partial charge is 0.352 e. The summed E-state index contributed by atoms with van der Waals surface area (Å²) in [5.41, 5.74) is 1.10. The molecule has 1 amide bonds. The maximum absolute atomic E-state index is 12.7. The molecule has 1 atom stereocenters. The number of amides is 1. The van der Waals surface area contributed by atoms with Gasteiger partial charge in [0.15, 0.2) is 0 Å². The van der Waals surface area contributed by atoms with Crippen LogP contribution in [0.5, 0.6) is 0 Å². The summed E-state index contributed by atoms with van der Waals surface area (Å²) in [6, 6.07) is 9.85. The van der Waals surface area contributed by atoms with Gasteiger partial charge < -0.3 is 5.32 Å². The van der Waals surface area contributed by atoms with Gasteiger partial charge >= 0.3 is 0 Å². The van der Waals surface area contributed by atoms with Crippen LogP contribution in [0.3, 0.4) is 0 Å². The lowest BCUT2D eigenvalue weighted by Gasteiger charge is -2.25. The second-order valence-corrected chi connectivity index (χ2v) is 5.84. The zero-order valence-electron chi connectivity index (χ0n) is 12.6. The number of tetrazole rings is 1. The van der Waals surface area contributed by atoms with E-state index in [0.29, 0.717) is 6.42 Å². The summed E-state index contributed by atoms with van der Waals surface area (Å²) in [6.45, 7) is 0. The van der Waals surface area contributed by atoms with E-state index < -0.39 is 6.04 Å². The van der Waals surface area contributed by atoms with Crippen molar-refractivity contribution in [1.82, 2.24) is 25.5 Å². The van der Waals surface area contributed by atoms with Crippen LogP contribution in [0.25, 0.3) is 0 Å². The van der Waals surface area contributed by atoms with E-state index in [0.717, 1.165) is 18.4 Å². The summed E-state index contributed by atoms with van der Waals surface area (Å²) in [5, 5.41) is 14.4. The first-order valence-corrected chi connectivity index (χ1v) is 7.90. The zero-order chi connectivity index (χ0) is 15.2. The van der Waals surface area contributed by atoms with E-state index in [4.69, 9.17) is 0 Å². The minimum Gasteiger partial charge on any atom is -0.352 e. The fourth-order valence-corrected chi connectivity index (χ4v) is 3.00. The lowest BCUT2D eigenvalue weighted by Crippen LogP contribution is -2.41. The van der Waals surface area contributed by atoms with Crippen LogP contribution in [0, 0.1) is 0 Å². The Morgan fingerprint density at radius 3 is 2.68 bits per heavy atom. The van der Waals surface area contributed by atoms with Crippen LogP contribution >= 0.6 is 0 Å². The van der Waals surface area contributed by atoms with Gasteiger partial charge in [0.2, 0.25) is 5.91 Å². The molecule has 1 saturated carbocycles. The highest BCUT2D eigenvalue weighted by Gasteiger charge is 2.25. The van der Waals surface area contributed by atoms with Crippen molar-refractivity contribution >= 4 is 5.91 Å². The summed E-state index contributed by atoms with van der Waals surface area (Å²) >= 11 is 0. The van der Waals surface area contributed by atoms with Gasteiger partial charge in [-0.3, -0.25) is 4.79 Å². The molecule has 0 radical (unpaired) electrons. The average molecular weight is 299 g/mol. The standard InChI is InChI=1S/C16H21N5O/c22-16(18-14-9-5-2-6-10-14)15(21-12-17-19-20-21)11-13-7-3-1-4-8-13/h1,3-4,7-8,12,14-15H,2,5-6,9-11H2,(H,18,22). The van der Waals surface area contributed by atoms with Crippen molar-refractivity contribution in [2.24, 2.45) is 0 Å². The van der Waals surface area contributed by atoms with E-state index in [1.54, 1.807) is 4.68 Å². The lowest BCUT2D eigenvalue weighted by molar-refractivity contribution is -0.125. The average Bonchev–Trinajstić information content (AvgIpc) is 3.08. The molecule has 1 unspecified atom stereocenters. The highest BCUT2D eigenvalue weighted by atomic mass is 16.2. The molecule has 1 aromatic heterocycles. The van der Waals surface area contributed by atoms with Crippen LogP contribution in [-0.2, 0) is 11.2 Å². The van der Waals surface area contributed by atoms with Gasteiger partial charge in [0.1, 0.15) is 12.4 Å². The highest BCUT2D eigenvalue weighted by molar-refractivity contribution is 5.80. The van der Waals surface area contributed by atoms with Crippen LogP contribution in [0.1, 0.15) is 43.7 Å². The molecule has 116 valence electrons. The predicted octanol–water partition coefficient (Wildman–Crippen LogP) is 1.91. The molecule has 0 bridgehead atoms. The van der Waals surface area contributed by atoms with Crippen LogP contribution in [0.4, 0.5) is 0 Å². The molecule has 6 heteroatoms. The quantitative estimate of drug-likeness (QED) is 0.915. The molecule has 0 aliphatic heterocycles. The zero-order valence-corrected chi connectivity index (χ0v) is 12.6. The first-order valence-electron chi connectivity index (χ1n) is 7.90. The fourth-order valence-electron chi connectivity index (χ4n) is 3.00. The Morgan fingerprint density at radius 2 is 2.00 bits per heavy atom. The van der Waals surface area contributed by atoms with Crippen LogP contribution < -0.4 is 5.32 Å². The van der Waals surface area contributed by atoms with Gasteiger partial charge in [0.25, 0.3) is 0 Å². The number of carbonyl (C=O) groups is 1. The fraction of sp³-hybridized carbons (Fsp3) is 0.500. The third kappa shape index (κ3) is 3.69. The molecule has 1 aromatic carbocycles. The molecule has 2 aromatic rings. The Morgan fingerprint density at radius 1 is 1.23 bits per heavy atom. The smallest absolute Gasteiger partial charge is 0.245 e. The summed E-state index contributed by atoms with van der Waals surface area (Å²) in [7, 11) is 0. The van der Waals surface area contributed by atoms with Crippen molar-refractivity contribution in [3.8, 4) is 0 Å². The van der Waals surface area contributed by atoms with Gasteiger partial charge in [0.05, 0.1) is 0 Å². The molecule has 6 nitrogen and oxygen atoms in total. The molecule has 1 N–H and O–H groups in total. The van der Waals surface area contributed by atoms with Gasteiger partial charge in [-0.1, -0.05) is 49.6 Å². The minimum atomic E-state index is -0.403. The Balaban J connectivity index is 1.71. The second kappa shape index (κ2) is 7.15. The topological polar surface area (TPSA) is 72.7 Å². The molecule has 1 aliphatic rings. The van der Waals surface area contributed by atoms with Crippen molar-refractivity contribution in [3.63, 3.8) is 0 Å². The molecule has 0 saturated heterocycles. The number of rotatable bonds is 5. The lowest BCUT2D eigenvalue weighted by atomic mass is 9.95. The van der Waals surface area contributed by atoms with Crippen molar-refractivity contribution in [2.75, 3.05) is 0 Å². The van der Waals surface area contributed by atoms with Crippen molar-refractivity contribution in [3.05, 3.63) is 42.2 Å². The Kier molecular flexibility index (Phi) is 4.78. The number of benzene rings is 1. The highest BCUT2D eigenvalue weighted by Crippen LogP contribution is 2.19. The monoisotopic (exact) mass is 299 g/mol. The number of carbonyl (C=O) groups excluding carboxylic acids is 1. The molecule has 1 heterocycles. The number of hydrogen-bond donors (Lipinski definition) is 1. The second-order valence-electron chi connectivity index (χ2n) is 5.84. The predicted molar refractivity (Wildman–Crippen MR) is 82.0 cm³/mol. The molecule has 1 aliphatic carbocycles. The van der Waals surface area contributed by atoms with Crippen LogP contribution in [0.2, 0.25) is 0 Å². The molecule has 1 fully saturated rings. The summed E-state index contributed by atoms with van der Waals surface area (Å²) in [4.78, 5) is 12.7. The minimum absolute atomic E-state index is 0.00283. The third-order valence-electron chi connectivity index (χ3n) is 4.21. The van der Waals surface area contributed by atoms with Crippen LogP contribution in [0.15, 0.2) is 36.7 Å². The Labute approximate surface area is 129 Å². The van der Waals surface area contributed by atoms with Gasteiger partial charge in [-0.2, -0.15) is 0 Å². The summed E-state index contributed by atoms with van der Waals surface area (Å²) in [6.07, 6.45) is 7.89. The summed E-state index contributed by atoms with van der Waals surface area (Å²) < 4.78 is 1.55. The van der Waals surface area contributed by atoms with Gasteiger partial charge in [-0.15, -0.1) is 5.10 Å². The van der Waals surface area contributed by atoms with Crippen molar-refractivity contribution in [1.29, 1.82) is 0 Å². The molecule has 0 spiro atoms. The van der Waals surface area contributed by atoms with E-state index in [9.17, 15) is 4.79 Å². The normalized spacial score (nSPS) is 17.1. The van der Waals surface area contributed by atoms with E-state index in [-0.39, 0.29) is 11.9 Å². The number of nitrogens with one attached hydrogen (secondary N) is 1. The maximum atomic E-state index is 12.7. The molecular formula is C16H21N5O. The first-order chi connectivity index (χ1) is 10.8. The van der Waals surface area contributed by atoms with Gasteiger partial charge in [0, 0.05) is 12.5 Å². The van der Waals surface area contributed by atoms with Gasteiger partial charge in [-0.05, 0) is 28.8 Å². The van der Waals surface area contributed by atoms with E-state index in [2.05, 4.69) is 20.8 Å². The first kappa shape index (κ1) is 14.7. The Hall–Kier alpha value is -2.24. The number of aromatic nitrogens is 4. The Bertz CT molecular complexity index is 578. The van der Waals surface area contributed by atoms with Crippen LogP contribution in [-0.4, -0.2) is 32.2 Å². The maximum Gasteiger partial charge on any atom is 0.245 e. The molecular weight excluding hydrogens is 278 g/mol. The van der Waals surface area contributed by atoms with E-state index in [1.807, 2.05) is 30.3 Å². The number of nitrogens with zero attached hydrogens (tertiary/aromatic N) is 4. The van der Waals surface area contributed by atoms with Gasteiger partial charge in [-0.25, -0.2) is 4.68 Å². The molecule has 3 rings (SSSR count).